The third-order valence-corrected chi connectivity index (χ3v) is 10.1. The van der Waals surface area contributed by atoms with Crippen molar-refractivity contribution in [1.29, 1.82) is 0 Å². The highest BCUT2D eigenvalue weighted by Crippen LogP contribution is 2.77. The van der Waals surface area contributed by atoms with Gasteiger partial charge in [-0.25, -0.2) is 0 Å². The van der Waals surface area contributed by atoms with Crippen molar-refractivity contribution in [3.05, 3.63) is 133 Å². The van der Waals surface area contributed by atoms with Crippen molar-refractivity contribution >= 4 is 10.0 Å². The van der Waals surface area contributed by atoms with Crippen LogP contribution in [0.25, 0.3) is 22.3 Å². The van der Waals surface area contributed by atoms with E-state index in [2.05, 4.69) is 133 Å². The first-order valence-electron chi connectivity index (χ1n) is 10.6. The fourth-order valence-electron chi connectivity index (χ4n) is 4.88. The summed E-state index contributed by atoms with van der Waals surface area (Å²) in [5, 5.41) is 0. The van der Waals surface area contributed by atoms with E-state index in [1.807, 2.05) is 0 Å². The topological polar surface area (TPSA) is 0 Å². The van der Waals surface area contributed by atoms with E-state index in [4.69, 9.17) is 0 Å². The maximum Gasteiger partial charge on any atom is 0.0102 e. The molecule has 0 unspecified atom stereocenters. The zero-order valence-corrected chi connectivity index (χ0v) is 17.9. The summed E-state index contributed by atoms with van der Waals surface area (Å²) in [6.45, 7) is 0. The standard InChI is InChI=1S/C30H22S/c1-3-13-23(14-4-1)31(24-15-5-2-6-16-24)29-21-11-9-19-27(29)25-17-7-8-18-26(25)28-20-10-12-22-30(28)31/h1-22H. The third kappa shape index (κ3) is 2.64. The monoisotopic (exact) mass is 414 g/mol. The van der Waals surface area contributed by atoms with Gasteiger partial charge >= 0.3 is 0 Å². The van der Waals surface area contributed by atoms with Crippen LogP contribution in [0.2, 0.25) is 0 Å². The minimum absolute atomic E-state index is 1.31. The highest BCUT2D eigenvalue weighted by molar-refractivity contribution is 8.34. The molecule has 1 heterocycles. The van der Waals surface area contributed by atoms with Gasteiger partial charge in [0.2, 0.25) is 0 Å². The minimum atomic E-state index is -1.68. The molecular weight excluding hydrogens is 392 g/mol. The molecule has 0 atom stereocenters. The molecule has 0 bridgehead atoms. The van der Waals surface area contributed by atoms with Gasteiger partial charge < -0.3 is 0 Å². The first kappa shape index (κ1) is 18.2. The van der Waals surface area contributed by atoms with Gasteiger partial charge in [0.25, 0.3) is 0 Å². The van der Waals surface area contributed by atoms with Crippen LogP contribution >= 0.6 is 10.0 Å². The van der Waals surface area contributed by atoms with Crippen LogP contribution in [0.15, 0.2) is 153 Å². The van der Waals surface area contributed by atoms with Crippen molar-refractivity contribution < 1.29 is 0 Å². The zero-order chi connectivity index (χ0) is 20.7. The number of benzene rings is 5. The highest BCUT2D eigenvalue weighted by Gasteiger charge is 2.39. The van der Waals surface area contributed by atoms with Crippen LogP contribution in [0, 0.1) is 0 Å². The maximum absolute atomic E-state index is 2.35. The third-order valence-electron chi connectivity index (χ3n) is 6.13. The maximum atomic E-state index is 2.35. The molecule has 0 fully saturated rings. The Morgan fingerprint density at radius 3 is 1.03 bits per heavy atom. The smallest absolute Gasteiger partial charge is 0.0102 e. The Morgan fingerprint density at radius 1 is 0.290 bits per heavy atom. The number of fused-ring (bicyclic) bond motifs is 5. The van der Waals surface area contributed by atoms with Gasteiger partial charge in [0.1, 0.15) is 0 Å². The molecule has 0 saturated carbocycles. The number of hydrogen-bond donors (Lipinski definition) is 0. The SMILES string of the molecule is c1ccc(S2(c3ccccc3)c3ccccc3-c3ccccc3-c3ccccc32)cc1. The fourth-order valence-corrected chi connectivity index (χ4v) is 9.11. The second kappa shape index (κ2) is 7.30. The number of hydrogen-bond acceptors (Lipinski definition) is 0. The molecule has 0 N–H and O–H groups in total. The van der Waals surface area contributed by atoms with Crippen LogP contribution < -0.4 is 0 Å². The van der Waals surface area contributed by atoms with Gasteiger partial charge in [-0.2, -0.15) is 0 Å². The van der Waals surface area contributed by atoms with Crippen LogP contribution in [0.4, 0.5) is 0 Å². The Labute approximate surface area is 185 Å². The van der Waals surface area contributed by atoms with E-state index in [0.29, 0.717) is 0 Å². The summed E-state index contributed by atoms with van der Waals surface area (Å²) in [5.41, 5.74) is 5.28. The Balaban J connectivity index is 1.89. The molecule has 0 aromatic heterocycles. The fraction of sp³-hybridized carbons (Fsp3) is 0. The molecule has 0 aliphatic carbocycles. The van der Waals surface area contributed by atoms with Gasteiger partial charge in [0.15, 0.2) is 0 Å². The van der Waals surface area contributed by atoms with E-state index in [-0.39, 0.29) is 0 Å². The summed E-state index contributed by atoms with van der Waals surface area (Å²) < 4.78 is 0. The lowest BCUT2D eigenvalue weighted by molar-refractivity contribution is 1.25. The molecule has 1 heteroatoms. The van der Waals surface area contributed by atoms with Crippen LogP contribution in [-0.4, -0.2) is 0 Å². The second-order valence-electron chi connectivity index (χ2n) is 7.78. The van der Waals surface area contributed by atoms with Crippen LogP contribution in [0.3, 0.4) is 0 Å². The first-order valence-corrected chi connectivity index (χ1v) is 12.3. The van der Waals surface area contributed by atoms with Crippen molar-refractivity contribution in [2.24, 2.45) is 0 Å². The molecule has 5 aromatic rings. The van der Waals surface area contributed by atoms with Crippen molar-refractivity contribution in [1.82, 2.24) is 0 Å². The molecule has 0 amide bonds. The van der Waals surface area contributed by atoms with Crippen LogP contribution in [-0.2, 0) is 0 Å². The van der Waals surface area contributed by atoms with Crippen molar-refractivity contribution in [3.8, 4) is 22.3 Å². The van der Waals surface area contributed by atoms with Gasteiger partial charge in [0, 0.05) is 19.6 Å². The summed E-state index contributed by atoms with van der Waals surface area (Å²) in [6, 6.07) is 49.1. The molecule has 148 valence electrons. The Kier molecular flexibility index (Phi) is 4.29. The first-order chi connectivity index (χ1) is 15.4. The molecule has 5 aromatic carbocycles. The van der Waals surface area contributed by atoms with E-state index in [0.717, 1.165) is 0 Å². The lowest BCUT2D eigenvalue weighted by Gasteiger charge is -2.43. The normalized spacial score (nSPS) is 14.5. The minimum Gasteiger partial charge on any atom is -0.132 e. The summed E-state index contributed by atoms with van der Waals surface area (Å²) in [7, 11) is -1.68. The van der Waals surface area contributed by atoms with E-state index in [1.54, 1.807) is 0 Å². The average Bonchev–Trinajstić information content (AvgIpc) is 2.97. The quantitative estimate of drug-likeness (QED) is 0.266. The van der Waals surface area contributed by atoms with Gasteiger partial charge in [-0.05, 0) is 58.7 Å². The van der Waals surface area contributed by atoms with Crippen LogP contribution in [0.1, 0.15) is 0 Å². The largest absolute Gasteiger partial charge is 0.132 e. The zero-order valence-electron chi connectivity index (χ0n) is 17.1. The van der Waals surface area contributed by atoms with Crippen molar-refractivity contribution in [2.75, 3.05) is 0 Å². The van der Waals surface area contributed by atoms with Gasteiger partial charge in [-0.15, -0.1) is 10.0 Å². The summed E-state index contributed by atoms with van der Waals surface area (Å²) >= 11 is 0. The molecule has 1 aliphatic heterocycles. The van der Waals surface area contributed by atoms with Gasteiger partial charge in [-0.3, -0.25) is 0 Å². The molecule has 31 heavy (non-hydrogen) atoms. The summed E-state index contributed by atoms with van der Waals surface area (Å²) in [4.78, 5) is 5.55. The molecule has 0 radical (unpaired) electrons. The predicted molar refractivity (Wildman–Crippen MR) is 131 cm³/mol. The number of rotatable bonds is 2. The van der Waals surface area contributed by atoms with E-state index >= 15 is 0 Å². The Morgan fingerprint density at radius 2 is 0.613 bits per heavy atom. The predicted octanol–water partition coefficient (Wildman–Crippen LogP) is 8.67. The van der Waals surface area contributed by atoms with E-state index < -0.39 is 10.0 Å². The lowest BCUT2D eigenvalue weighted by atomic mass is 9.95. The molecule has 6 rings (SSSR count). The van der Waals surface area contributed by atoms with Crippen molar-refractivity contribution in [3.63, 3.8) is 0 Å². The average molecular weight is 415 g/mol. The molecule has 1 aliphatic rings. The van der Waals surface area contributed by atoms with Crippen molar-refractivity contribution in [2.45, 2.75) is 19.6 Å². The molecule has 0 saturated heterocycles. The highest BCUT2D eigenvalue weighted by atomic mass is 32.3. The Hall–Kier alpha value is -3.55. The molecular formula is C30H22S. The van der Waals surface area contributed by atoms with E-state index in [9.17, 15) is 0 Å². The second-order valence-corrected chi connectivity index (χ2v) is 10.8. The van der Waals surface area contributed by atoms with Crippen LogP contribution in [0.5, 0.6) is 0 Å². The lowest BCUT2D eigenvalue weighted by Crippen LogP contribution is -2.06. The summed E-state index contributed by atoms with van der Waals surface area (Å²) in [5.74, 6) is 0. The van der Waals surface area contributed by atoms with Gasteiger partial charge in [-0.1, -0.05) is 97.1 Å². The van der Waals surface area contributed by atoms with Gasteiger partial charge in [0.05, 0.1) is 0 Å². The summed E-state index contributed by atoms with van der Waals surface area (Å²) in [6.07, 6.45) is 0. The molecule has 0 nitrogen and oxygen atoms in total. The Bertz CT molecular complexity index is 1260. The van der Waals surface area contributed by atoms with E-state index in [1.165, 1.54) is 41.8 Å². The molecule has 0 spiro atoms.